The van der Waals surface area contributed by atoms with Crippen molar-refractivity contribution in [2.45, 2.75) is 30.6 Å². The molecule has 0 spiro atoms. The van der Waals surface area contributed by atoms with E-state index < -0.39 is 0 Å². The van der Waals surface area contributed by atoms with Gasteiger partial charge in [-0.3, -0.25) is 9.69 Å². The van der Waals surface area contributed by atoms with Gasteiger partial charge in [0.05, 0.1) is 15.8 Å². The minimum atomic E-state index is -0.271. The van der Waals surface area contributed by atoms with Gasteiger partial charge >= 0.3 is 0 Å². The van der Waals surface area contributed by atoms with Crippen LogP contribution in [-0.2, 0) is 4.79 Å². The second-order valence-corrected chi connectivity index (χ2v) is 5.81. The van der Waals surface area contributed by atoms with Gasteiger partial charge in [0.1, 0.15) is 0 Å². The third-order valence-electron chi connectivity index (χ3n) is 3.40. The Morgan fingerprint density at radius 3 is 2.25 bits per heavy atom. The second-order valence-electron chi connectivity index (χ2n) is 4.18. The number of thiocarbonyl (C=S) groups is 1. The molecule has 6 heteroatoms. The Balaban J connectivity index is 2.63. The van der Waals surface area contributed by atoms with Crippen molar-refractivity contribution in [2.75, 3.05) is 19.3 Å². The SMILES string of the molecule is CSC1(C(N)=S)CCN(C(C)C(N)=O)CC1. The third kappa shape index (κ3) is 2.67. The first-order valence-corrected chi connectivity index (χ1v) is 6.94. The van der Waals surface area contributed by atoms with Gasteiger partial charge in [0, 0.05) is 13.1 Å². The third-order valence-corrected chi connectivity index (χ3v) is 5.33. The van der Waals surface area contributed by atoms with Crippen LogP contribution in [0.2, 0.25) is 0 Å². The second kappa shape index (κ2) is 5.33. The van der Waals surface area contributed by atoms with Crippen LogP contribution in [-0.4, -0.2) is 45.9 Å². The van der Waals surface area contributed by atoms with Crippen LogP contribution in [0, 0.1) is 0 Å². The molecule has 0 aromatic heterocycles. The fraction of sp³-hybridized carbons (Fsp3) is 0.800. The fourth-order valence-electron chi connectivity index (χ4n) is 2.00. The van der Waals surface area contributed by atoms with E-state index in [1.54, 1.807) is 11.8 Å². The molecule has 0 aromatic rings. The Morgan fingerprint density at radius 2 is 1.94 bits per heavy atom. The van der Waals surface area contributed by atoms with Crippen LogP contribution in [0.15, 0.2) is 0 Å². The molecule has 0 radical (unpaired) electrons. The number of nitrogens with two attached hydrogens (primary N) is 2. The topological polar surface area (TPSA) is 72.3 Å². The molecule has 1 amide bonds. The molecule has 0 bridgehead atoms. The largest absolute Gasteiger partial charge is 0.392 e. The van der Waals surface area contributed by atoms with Crippen LogP contribution in [0.25, 0.3) is 0 Å². The van der Waals surface area contributed by atoms with Gasteiger partial charge in [-0.1, -0.05) is 12.2 Å². The number of primary amides is 1. The zero-order chi connectivity index (χ0) is 12.3. The summed E-state index contributed by atoms with van der Waals surface area (Å²) in [5, 5.41) is 0. The van der Waals surface area contributed by atoms with Gasteiger partial charge in [0.25, 0.3) is 0 Å². The van der Waals surface area contributed by atoms with Gasteiger partial charge in [-0.25, -0.2) is 0 Å². The molecule has 4 N–H and O–H groups in total. The predicted octanol–water partition coefficient (Wildman–Crippen LogP) is 0.344. The standard InChI is InChI=1S/C10H19N3OS2/c1-7(8(11)14)13-5-3-10(16-2,4-6-13)9(12)15/h7H,3-6H2,1-2H3,(H2,11,14)(H2,12,15). The zero-order valence-electron chi connectivity index (χ0n) is 9.73. The molecule has 1 saturated heterocycles. The number of nitrogens with zero attached hydrogens (tertiary/aromatic N) is 1. The van der Waals surface area contributed by atoms with Crippen LogP contribution >= 0.6 is 24.0 Å². The Morgan fingerprint density at radius 1 is 1.44 bits per heavy atom. The molecule has 1 atom stereocenters. The van der Waals surface area contributed by atoms with Crippen molar-refractivity contribution in [1.82, 2.24) is 4.90 Å². The number of rotatable bonds is 4. The first kappa shape index (κ1) is 13.7. The average Bonchev–Trinajstić information content (AvgIpc) is 2.27. The molecular weight excluding hydrogens is 242 g/mol. The molecular formula is C10H19N3OS2. The summed E-state index contributed by atoms with van der Waals surface area (Å²) in [5.41, 5.74) is 11.1. The molecule has 1 heterocycles. The van der Waals surface area contributed by atoms with Crippen LogP contribution in [0.5, 0.6) is 0 Å². The zero-order valence-corrected chi connectivity index (χ0v) is 11.4. The van der Waals surface area contributed by atoms with Gasteiger partial charge in [-0.15, -0.1) is 0 Å². The summed E-state index contributed by atoms with van der Waals surface area (Å²) < 4.78 is -0.0940. The molecule has 1 unspecified atom stereocenters. The average molecular weight is 261 g/mol. The van der Waals surface area contributed by atoms with Crippen LogP contribution in [0.3, 0.4) is 0 Å². The molecule has 0 saturated carbocycles. The highest BCUT2D eigenvalue weighted by molar-refractivity contribution is 8.02. The Kier molecular flexibility index (Phi) is 4.58. The van der Waals surface area contributed by atoms with E-state index in [0.29, 0.717) is 4.99 Å². The van der Waals surface area contributed by atoms with Crippen molar-refractivity contribution in [2.24, 2.45) is 11.5 Å². The lowest BCUT2D eigenvalue weighted by Gasteiger charge is -2.41. The molecule has 1 aliphatic rings. The maximum Gasteiger partial charge on any atom is 0.234 e. The quantitative estimate of drug-likeness (QED) is 0.714. The summed E-state index contributed by atoms with van der Waals surface area (Å²) in [4.78, 5) is 13.8. The van der Waals surface area contributed by atoms with Crippen LogP contribution < -0.4 is 11.5 Å². The van der Waals surface area contributed by atoms with E-state index in [9.17, 15) is 4.79 Å². The molecule has 4 nitrogen and oxygen atoms in total. The highest BCUT2D eigenvalue weighted by Crippen LogP contribution is 2.35. The number of hydrogen-bond acceptors (Lipinski definition) is 4. The maximum atomic E-state index is 11.1. The van der Waals surface area contributed by atoms with Gasteiger partial charge in [-0.2, -0.15) is 11.8 Å². The first-order chi connectivity index (χ1) is 7.43. The summed E-state index contributed by atoms with van der Waals surface area (Å²) >= 11 is 6.84. The van der Waals surface area contributed by atoms with Crippen molar-refractivity contribution in [3.8, 4) is 0 Å². The smallest absolute Gasteiger partial charge is 0.234 e. The summed E-state index contributed by atoms with van der Waals surface area (Å²) in [6.45, 7) is 3.49. The predicted molar refractivity (Wildman–Crippen MR) is 72.5 cm³/mol. The lowest BCUT2D eigenvalue weighted by atomic mass is 9.94. The normalized spacial score (nSPS) is 22.6. The molecule has 1 aliphatic heterocycles. The van der Waals surface area contributed by atoms with Gasteiger partial charge < -0.3 is 11.5 Å². The first-order valence-electron chi connectivity index (χ1n) is 5.31. The molecule has 0 aromatic carbocycles. The monoisotopic (exact) mass is 261 g/mol. The van der Waals surface area contributed by atoms with Crippen molar-refractivity contribution < 1.29 is 4.79 Å². The number of hydrogen-bond donors (Lipinski definition) is 2. The van der Waals surface area contributed by atoms with E-state index in [0.717, 1.165) is 25.9 Å². The Bertz CT molecular complexity index is 288. The van der Waals surface area contributed by atoms with Crippen molar-refractivity contribution in [1.29, 1.82) is 0 Å². The summed E-state index contributed by atoms with van der Waals surface area (Å²) in [6, 6.07) is -0.203. The van der Waals surface area contributed by atoms with Gasteiger partial charge in [-0.05, 0) is 26.0 Å². The van der Waals surface area contributed by atoms with Crippen molar-refractivity contribution in [3.05, 3.63) is 0 Å². The molecule has 1 rings (SSSR count). The van der Waals surface area contributed by atoms with E-state index in [-0.39, 0.29) is 16.7 Å². The molecule has 92 valence electrons. The van der Waals surface area contributed by atoms with E-state index >= 15 is 0 Å². The van der Waals surface area contributed by atoms with E-state index in [4.69, 9.17) is 23.7 Å². The number of carbonyl (C=O) groups is 1. The van der Waals surface area contributed by atoms with E-state index in [1.165, 1.54) is 0 Å². The van der Waals surface area contributed by atoms with Crippen molar-refractivity contribution >= 4 is 34.9 Å². The lowest BCUT2D eigenvalue weighted by Crippen LogP contribution is -2.53. The van der Waals surface area contributed by atoms with Gasteiger partial charge in [0.15, 0.2) is 0 Å². The van der Waals surface area contributed by atoms with Crippen LogP contribution in [0.4, 0.5) is 0 Å². The number of carbonyl (C=O) groups excluding carboxylic acids is 1. The number of likely N-dealkylation sites (tertiary alicyclic amines) is 1. The van der Waals surface area contributed by atoms with Crippen LogP contribution in [0.1, 0.15) is 19.8 Å². The minimum absolute atomic E-state index is 0.0940. The summed E-state index contributed by atoms with van der Waals surface area (Å²) in [7, 11) is 0. The maximum absolute atomic E-state index is 11.1. The summed E-state index contributed by atoms with van der Waals surface area (Å²) in [6.07, 6.45) is 3.81. The van der Waals surface area contributed by atoms with E-state index in [1.807, 2.05) is 13.2 Å². The Labute approximate surface area is 106 Å². The fourth-order valence-corrected chi connectivity index (χ4v) is 3.25. The number of thioether (sulfide) groups is 1. The van der Waals surface area contributed by atoms with Crippen molar-refractivity contribution in [3.63, 3.8) is 0 Å². The number of amides is 1. The highest BCUT2D eigenvalue weighted by Gasteiger charge is 2.38. The summed E-state index contributed by atoms with van der Waals surface area (Å²) in [5.74, 6) is -0.271. The Hall–Kier alpha value is -0.330. The highest BCUT2D eigenvalue weighted by atomic mass is 32.2. The number of piperidine rings is 1. The molecule has 16 heavy (non-hydrogen) atoms. The molecule has 1 fully saturated rings. The molecule has 0 aliphatic carbocycles. The van der Waals surface area contributed by atoms with Gasteiger partial charge in [0.2, 0.25) is 5.91 Å². The van der Waals surface area contributed by atoms with E-state index in [2.05, 4.69) is 4.90 Å². The minimum Gasteiger partial charge on any atom is -0.392 e. The lowest BCUT2D eigenvalue weighted by molar-refractivity contribution is -0.123.